The highest BCUT2D eigenvalue weighted by atomic mass is 16.2. The first-order valence-electron chi connectivity index (χ1n) is 15.0. The number of anilines is 1. The molecule has 1 heterocycles. The van der Waals surface area contributed by atoms with Crippen molar-refractivity contribution in [2.24, 2.45) is 10.7 Å². The van der Waals surface area contributed by atoms with Crippen molar-refractivity contribution in [2.45, 2.75) is 47.0 Å². The van der Waals surface area contributed by atoms with Gasteiger partial charge in [-0.1, -0.05) is 45.9 Å². The van der Waals surface area contributed by atoms with Crippen LogP contribution in [0.4, 0.5) is 16.2 Å². The molecule has 3 rings (SSSR count). The Morgan fingerprint density at radius 1 is 0.932 bits per heavy atom. The van der Waals surface area contributed by atoms with Crippen LogP contribution >= 0.6 is 0 Å². The van der Waals surface area contributed by atoms with Crippen LogP contribution < -0.4 is 16.0 Å². The minimum Gasteiger partial charge on any atom is -0.387 e. The predicted octanol–water partition coefficient (Wildman–Crippen LogP) is 5.43. The maximum Gasteiger partial charge on any atom is 0.324 e. The second-order valence-corrected chi connectivity index (χ2v) is 9.97. The number of rotatable bonds is 10. The summed E-state index contributed by atoms with van der Waals surface area (Å²) >= 11 is 0. The molecule has 0 atom stereocenters. The van der Waals surface area contributed by atoms with E-state index >= 15 is 0 Å². The molecule has 0 aliphatic carbocycles. The number of carbonyl (C=O) groups excluding carboxylic acids is 4. The van der Waals surface area contributed by atoms with Gasteiger partial charge in [-0.2, -0.15) is 0 Å². The lowest BCUT2D eigenvalue weighted by Gasteiger charge is -2.25. The highest BCUT2D eigenvalue weighted by molar-refractivity contribution is 6.00. The van der Waals surface area contributed by atoms with Crippen LogP contribution in [0, 0.1) is 0 Å². The van der Waals surface area contributed by atoms with Gasteiger partial charge in [-0.3, -0.25) is 14.5 Å². The normalized spacial score (nSPS) is 11.3. The molecule has 10 heteroatoms. The summed E-state index contributed by atoms with van der Waals surface area (Å²) in [6, 6.07) is 10.3. The lowest BCUT2D eigenvalue weighted by molar-refractivity contribution is -0.108. The third-order valence-corrected chi connectivity index (χ3v) is 6.20. The van der Waals surface area contributed by atoms with E-state index in [2.05, 4.69) is 36.1 Å². The van der Waals surface area contributed by atoms with Gasteiger partial charge in [0, 0.05) is 37.2 Å². The predicted molar refractivity (Wildman–Crippen MR) is 184 cm³/mol. The number of amidine groups is 1. The van der Waals surface area contributed by atoms with Crippen molar-refractivity contribution in [1.29, 1.82) is 0 Å². The highest BCUT2D eigenvalue weighted by Crippen LogP contribution is 2.33. The molecule has 0 bridgehead atoms. The van der Waals surface area contributed by atoms with E-state index in [4.69, 9.17) is 5.73 Å². The number of aliphatic imine (C=N–C) groups is 1. The summed E-state index contributed by atoms with van der Waals surface area (Å²) in [5, 5.41) is 2.75. The second kappa shape index (κ2) is 22.4. The minimum atomic E-state index is -0.418. The van der Waals surface area contributed by atoms with Crippen LogP contribution in [0.3, 0.4) is 0 Å². The molecule has 3 N–H and O–H groups in total. The quantitative estimate of drug-likeness (QED) is 0.344. The Labute approximate surface area is 264 Å². The Hall–Kier alpha value is -4.15. The molecule has 1 aliphatic rings. The molecule has 2 amide bonds. The number of urea groups is 1. The van der Waals surface area contributed by atoms with Gasteiger partial charge in [0.15, 0.2) is 6.29 Å². The Kier molecular flexibility index (Phi) is 20.3. The summed E-state index contributed by atoms with van der Waals surface area (Å²) < 4.78 is 0. The molecule has 2 aromatic carbocycles. The summed E-state index contributed by atoms with van der Waals surface area (Å²) in [4.78, 5) is 55.4. The number of likely N-dealkylation sites (N-methyl/N-ethyl adjacent to an activating group) is 1. The molecular formula is C34H52N6O4. The highest BCUT2D eigenvalue weighted by Gasteiger charge is 2.19. The maximum absolute atomic E-state index is 12.6. The zero-order chi connectivity index (χ0) is 33.7. The first-order chi connectivity index (χ1) is 21.1. The van der Waals surface area contributed by atoms with Crippen LogP contribution in [0.25, 0.3) is 17.2 Å². The Balaban J connectivity index is 0.00000121. The minimum absolute atomic E-state index is 0.0557. The first kappa shape index (κ1) is 39.8. The molecule has 10 nitrogen and oxygen atoms in total. The molecule has 0 fully saturated rings. The Morgan fingerprint density at radius 2 is 1.50 bits per heavy atom. The van der Waals surface area contributed by atoms with E-state index in [9.17, 15) is 19.2 Å². The number of benzene rings is 2. The van der Waals surface area contributed by atoms with Crippen molar-refractivity contribution in [2.75, 3.05) is 59.8 Å². The summed E-state index contributed by atoms with van der Waals surface area (Å²) in [7, 11) is 8.98. The van der Waals surface area contributed by atoms with Crippen LogP contribution in [0.5, 0.6) is 0 Å². The zero-order valence-corrected chi connectivity index (χ0v) is 28.0. The standard InChI is InChI=1S/C23H22N4O4.C7H17N.C2H7N.C2H6/c1-26(7-8-28)23(31)27(2)21-12-17(4-6-19(21)14-30)16-3-5-18-9-15(13-29)10-22(24)25-20(18)11-16;1-4-6-8(3)7-5-2;1-3-2;1-2/h3-6,8-9,11-14H,7,10H2,1-2H3,(H2,24,25);4-7H2,1-3H3;3H,1-2H3;1-2H3. The Bertz CT molecular complexity index is 1250. The van der Waals surface area contributed by atoms with Crippen molar-refractivity contribution in [3.63, 3.8) is 0 Å². The molecule has 0 spiro atoms. The van der Waals surface area contributed by atoms with Crippen LogP contribution in [-0.2, 0) is 9.59 Å². The molecule has 1 aliphatic heterocycles. The van der Waals surface area contributed by atoms with Crippen LogP contribution in [0.15, 0.2) is 47.0 Å². The molecular weight excluding hydrogens is 556 g/mol. The summed E-state index contributed by atoms with van der Waals surface area (Å²) in [6.45, 7) is 10.9. The SMILES string of the molecule is CC.CCCN(C)CCC.CN(CC=O)C(=O)N(C)c1cc(-c2ccc3c(c2)N=C(N)CC(C=O)=C3)ccc1C=O.CNC. The fourth-order valence-corrected chi connectivity index (χ4v) is 4.21. The number of nitrogens with zero attached hydrogens (tertiary/aromatic N) is 4. The van der Waals surface area contributed by atoms with Gasteiger partial charge < -0.3 is 25.6 Å². The molecule has 0 saturated heterocycles. The van der Waals surface area contributed by atoms with Crippen molar-refractivity contribution in [3.05, 3.63) is 53.1 Å². The lowest BCUT2D eigenvalue weighted by Crippen LogP contribution is -2.40. The van der Waals surface area contributed by atoms with E-state index in [1.165, 1.54) is 42.8 Å². The third-order valence-electron chi connectivity index (χ3n) is 6.20. The molecule has 2 aromatic rings. The topological polar surface area (TPSA) is 128 Å². The van der Waals surface area contributed by atoms with Crippen LogP contribution in [0.1, 0.15) is 62.9 Å². The molecule has 0 saturated carbocycles. The van der Waals surface area contributed by atoms with Gasteiger partial charge in [-0.05, 0) is 82.5 Å². The van der Waals surface area contributed by atoms with Crippen LogP contribution in [0.2, 0.25) is 0 Å². The number of aldehydes is 3. The number of nitrogens with two attached hydrogens (primary N) is 1. The lowest BCUT2D eigenvalue weighted by atomic mass is 9.99. The Morgan fingerprint density at radius 3 is 2.02 bits per heavy atom. The number of hydrogen-bond acceptors (Lipinski definition) is 8. The van der Waals surface area contributed by atoms with Crippen molar-refractivity contribution in [3.8, 4) is 11.1 Å². The monoisotopic (exact) mass is 608 g/mol. The van der Waals surface area contributed by atoms with Gasteiger partial charge in [-0.25, -0.2) is 9.79 Å². The number of nitrogens with one attached hydrogen (secondary N) is 1. The van der Waals surface area contributed by atoms with Crippen molar-refractivity contribution in [1.82, 2.24) is 15.1 Å². The smallest absolute Gasteiger partial charge is 0.324 e. The third kappa shape index (κ3) is 13.0. The average Bonchev–Trinajstić information content (AvgIpc) is 3.19. The number of amides is 2. The average molecular weight is 609 g/mol. The summed E-state index contributed by atoms with van der Waals surface area (Å²) in [5.74, 6) is 0.342. The van der Waals surface area contributed by atoms with Gasteiger partial charge in [0.2, 0.25) is 0 Å². The van der Waals surface area contributed by atoms with Gasteiger partial charge in [0.25, 0.3) is 0 Å². The molecule has 0 unspecified atom stereocenters. The maximum atomic E-state index is 12.6. The van der Waals surface area contributed by atoms with E-state index in [0.29, 0.717) is 40.9 Å². The van der Waals surface area contributed by atoms with E-state index in [0.717, 1.165) is 23.0 Å². The number of fused-ring (bicyclic) bond motifs is 1. The zero-order valence-electron chi connectivity index (χ0n) is 28.0. The number of carbonyl (C=O) groups is 4. The summed E-state index contributed by atoms with van der Waals surface area (Å²) in [5.41, 5.74) is 10.2. The molecule has 0 aromatic heterocycles. The van der Waals surface area contributed by atoms with Crippen LogP contribution in [-0.4, -0.2) is 95.4 Å². The van der Waals surface area contributed by atoms with E-state index < -0.39 is 6.03 Å². The van der Waals surface area contributed by atoms with E-state index in [1.807, 2.05) is 46.1 Å². The van der Waals surface area contributed by atoms with Crippen molar-refractivity contribution < 1.29 is 19.2 Å². The van der Waals surface area contributed by atoms with Gasteiger partial charge in [0.1, 0.15) is 18.4 Å². The number of hydrogen-bond donors (Lipinski definition) is 2. The second-order valence-electron chi connectivity index (χ2n) is 9.97. The van der Waals surface area contributed by atoms with Gasteiger partial charge >= 0.3 is 6.03 Å². The fraction of sp³-hybridized carbons (Fsp3) is 0.441. The van der Waals surface area contributed by atoms with Gasteiger partial charge in [0.05, 0.1) is 17.9 Å². The van der Waals surface area contributed by atoms with E-state index in [-0.39, 0.29) is 13.0 Å². The molecule has 0 radical (unpaired) electrons. The molecule has 242 valence electrons. The first-order valence-corrected chi connectivity index (χ1v) is 15.0. The largest absolute Gasteiger partial charge is 0.387 e. The van der Waals surface area contributed by atoms with Crippen molar-refractivity contribution >= 4 is 48.2 Å². The van der Waals surface area contributed by atoms with E-state index in [1.54, 1.807) is 31.3 Å². The van der Waals surface area contributed by atoms with Gasteiger partial charge in [-0.15, -0.1) is 0 Å². The molecule has 44 heavy (non-hydrogen) atoms. The summed E-state index contributed by atoms with van der Waals surface area (Å²) in [6.07, 6.45) is 6.67. The fourth-order valence-electron chi connectivity index (χ4n) is 4.21.